The Balaban J connectivity index is 1.27. The molecule has 6 heteroatoms. The second-order valence-corrected chi connectivity index (χ2v) is 10.5. The lowest BCUT2D eigenvalue weighted by atomic mass is 9.75. The third kappa shape index (κ3) is 5.07. The monoisotopic (exact) mass is 475 g/mol. The molecule has 5 rings (SSSR count). The summed E-state index contributed by atoms with van der Waals surface area (Å²) >= 11 is 0. The molecule has 1 aromatic heterocycles. The standard InChI is InChI=1S/C29H37N3O3/c1-20-7-12-26(29(34)32-18-13-21-5-3-4-6-24(21)19-32)27(30-20)22-14-16-31(17-15-22)28(33)23-8-10-25(35-2)11-9-23/h7-12,21-22,24H,3-6,13-19H2,1-2H3. The molecule has 6 nitrogen and oxygen atoms in total. The van der Waals surface area contributed by atoms with Crippen molar-refractivity contribution < 1.29 is 14.3 Å². The van der Waals surface area contributed by atoms with Crippen molar-refractivity contribution in [2.45, 2.75) is 57.8 Å². The fourth-order valence-electron chi connectivity index (χ4n) is 6.30. The fourth-order valence-corrected chi connectivity index (χ4v) is 6.30. The van der Waals surface area contributed by atoms with Crippen molar-refractivity contribution in [1.82, 2.24) is 14.8 Å². The number of hydrogen-bond donors (Lipinski definition) is 0. The first-order chi connectivity index (χ1) is 17.0. The lowest BCUT2D eigenvalue weighted by molar-refractivity contribution is 0.0517. The van der Waals surface area contributed by atoms with Crippen LogP contribution in [-0.2, 0) is 0 Å². The van der Waals surface area contributed by atoms with E-state index in [0.29, 0.717) is 24.6 Å². The number of hydrogen-bond acceptors (Lipinski definition) is 4. The van der Waals surface area contributed by atoms with E-state index in [4.69, 9.17) is 9.72 Å². The molecule has 35 heavy (non-hydrogen) atoms. The number of benzene rings is 1. The van der Waals surface area contributed by atoms with Crippen LogP contribution in [0.4, 0.5) is 0 Å². The smallest absolute Gasteiger partial charge is 0.255 e. The van der Waals surface area contributed by atoms with Gasteiger partial charge in [0, 0.05) is 43.4 Å². The van der Waals surface area contributed by atoms with Gasteiger partial charge >= 0.3 is 0 Å². The average molecular weight is 476 g/mol. The van der Waals surface area contributed by atoms with Gasteiger partial charge in [-0.25, -0.2) is 0 Å². The summed E-state index contributed by atoms with van der Waals surface area (Å²) in [5, 5.41) is 0. The zero-order chi connectivity index (χ0) is 24.4. The molecule has 0 N–H and O–H groups in total. The van der Waals surface area contributed by atoms with E-state index in [-0.39, 0.29) is 17.7 Å². The number of likely N-dealkylation sites (tertiary alicyclic amines) is 2. The van der Waals surface area contributed by atoms with Gasteiger partial charge in [-0.05, 0) is 80.8 Å². The molecule has 1 aromatic carbocycles. The summed E-state index contributed by atoms with van der Waals surface area (Å²) in [6.45, 7) is 5.10. The third-order valence-electron chi connectivity index (χ3n) is 8.38. The Bertz CT molecular complexity index is 1060. The summed E-state index contributed by atoms with van der Waals surface area (Å²) in [5.41, 5.74) is 3.32. The normalized spacial score (nSPS) is 23.0. The third-order valence-corrected chi connectivity index (χ3v) is 8.38. The quantitative estimate of drug-likeness (QED) is 0.619. The Labute approximate surface area is 208 Å². The number of pyridine rings is 1. The summed E-state index contributed by atoms with van der Waals surface area (Å²) in [4.78, 5) is 35.6. The molecule has 1 saturated carbocycles. The number of methoxy groups -OCH3 is 1. The SMILES string of the molecule is COc1ccc(C(=O)N2CCC(c3nc(C)ccc3C(=O)N3CCC4CCCCC4C3)CC2)cc1. The Morgan fingerprint density at radius 2 is 1.51 bits per heavy atom. The van der Waals surface area contributed by atoms with Crippen LogP contribution in [0.1, 0.15) is 83.0 Å². The zero-order valence-corrected chi connectivity index (χ0v) is 21.0. The van der Waals surface area contributed by atoms with Crippen molar-refractivity contribution in [1.29, 1.82) is 0 Å². The van der Waals surface area contributed by atoms with E-state index in [9.17, 15) is 9.59 Å². The highest BCUT2D eigenvalue weighted by molar-refractivity contribution is 5.96. The first kappa shape index (κ1) is 23.8. The number of carbonyl (C=O) groups excluding carboxylic acids is 2. The molecule has 2 amide bonds. The second kappa shape index (κ2) is 10.4. The first-order valence-corrected chi connectivity index (χ1v) is 13.2. The summed E-state index contributed by atoms with van der Waals surface area (Å²) < 4.78 is 5.20. The zero-order valence-electron chi connectivity index (χ0n) is 21.0. The van der Waals surface area contributed by atoms with Gasteiger partial charge in [0.2, 0.25) is 0 Å². The number of fused-ring (bicyclic) bond motifs is 1. The number of carbonyl (C=O) groups is 2. The predicted molar refractivity (Wildman–Crippen MR) is 136 cm³/mol. The number of rotatable bonds is 4. The number of nitrogens with zero attached hydrogens (tertiary/aromatic N) is 3. The van der Waals surface area contributed by atoms with Gasteiger partial charge in [-0.1, -0.05) is 19.3 Å². The van der Waals surface area contributed by atoms with Crippen LogP contribution in [0, 0.1) is 18.8 Å². The molecule has 2 unspecified atom stereocenters. The maximum Gasteiger partial charge on any atom is 0.255 e. The van der Waals surface area contributed by atoms with E-state index in [1.807, 2.05) is 48.2 Å². The molecular weight excluding hydrogens is 438 g/mol. The van der Waals surface area contributed by atoms with Crippen LogP contribution in [0.3, 0.4) is 0 Å². The van der Waals surface area contributed by atoms with Crippen molar-refractivity contribution in [2.75, 3.05) is 33.3 Å². The Hall–Kier alpha value is -2.89. The van der Waals surface area contributed by atoms with Crippen LogP contribution in [-0.4, -0.2) is 59.9 Å². The topological polar surface area (TPSA) is 62.7 Å². The largest absolute Gasteiger partial charge is 0.497 e. The fraction of sp³-hybridized carbons (Fsp3) is 0.552. The van der Waals surface area contributed by atoms with E-state index in [1.165, 1.54) is 25.7 Å². The number of ether oxygens (including phenoxy) is 1. The summed E-state index contributed by atoms with van der Waals surface area (Å²) in [6.07, 6.45) is 8.02. The molecule has 1 aliphatic carbocycles. The van der Waals surface area contributed by atoms with Crippen molar-refractivity contribution in [2.24, 2.45) is 11.8 Å². The minimum atomic E-state index is 0.0509. The minimum absolute atomic E-state index is 0.0509. The van der Waals surface area contributed by atoms with Crippen molar-refractivity contribution in [3.8, 4) is 5.75 Å². The molecule has 3 aliphatic rings. The van der Waals surface area contributed by atoms with Gasteiger partial charge in [-0.2, -0.15) is 0 Å². The number of aryl methyl sites for hydroxylation is 1. The van der Waals surface area contributed by atoms with E-state index in [1.54, 1.807) is 7.11 Å². The Morgan fingerprint density at radius 3 is 2.23 bits per heavy atom. The molecular formula is C29H37N3O3. The molecule has 2 saturated heterocycles. The highest BCUT2D eigenvalue weighted by Gasteiger charge is 2.35. The number of amides is 2. The van der Waals surface area contributed by atoms with Gasteiger partial charge in [0.05, 0.1) is 18.4 Å². The first-order valence-electron chi connectivity index (χ1n) is 13.2. The Kier molecular flexibility index (Phi) is 7.07. The minimum Gasteiger partial charge on any atom is -0.497 e. The van der Waals surface area contributed by atoms with E-state index >= 15 is 0 Å². The van der Waals surface area contributed by atoms with Crippen LogP contribution in [0.5, 0.6) is 5.75 Å². The number of aromatic nitrogens is 1. The average Bonchev–Trinajstić information content (AvgIpc) is 2.92. The maximum absolute atomic E-state index is 13.7. The van der Waals surface area contributed by atoms with Gasteiger partial charge < -0.3 is 14.5 Å². The van der Waals surface area contributed by atoms with Crippen molar-refractivity contribution >= 4 is 11.8 Å². The number of piperidine rings is 2. The molecule has 186 valence electrons. The van der Waals surface area contributed by atoms with Crippen molar-refractivity contribution in [3.05, 3.63) is 58.9 Å². The van der Waals surface area contributed by atoms with E-state index < -0.39 is 0 Å². The summed E-state index contributed by atoms with van der Waals surface area (Å²) in [5.74, 6) is 2.60. The lowest BCUT2D eigenvalue weighted by Gasteiger charge is -2.41. The van der Waals surface area contributed by atoms with Crippen LogP contribution < -0.4 is 4.74 Å². The summed E-state index contributed by atoms with van der Waals surface area (Å²) in [6, 6.07) is 11.2. The van der Waals surface area contributed by atoms with Gasteiger partial charge in [0.25, 0.3) is 11.8 Å². The highest BCUT2D eigenvalue weighted by Crippen LogP contribution is 2.37. The molecule has 2 aromatic rings. The molecule has 0 spiro atoms. The van der Waals surface area contributed by atoms with Gasteiger partial charge in [0.1, 0.15) is 5.75 Å². The van der Waals surface area contributed by atoms with Crippen LogP contribution >= 0.6 is 0 Å². The maximum atomic E-state index is 13.7. The van der Waals surface area contributed by atoms with Crippen molar-refractivity contribution in [3.63, 3.8) is 0 Å². The highest BCUT2D eigenvalue weighted by atomic mass is 16.5. The summed E-state index contributed by atoms with van der Waals surface area (Å²) in [7, 11) is 1.62. The van der Waals surface area contributed by atoms with Gasteiger partial charge in [-0.3, -0.25) is 14.6 Å². The van der Waals surface area contributed by atoms with Crippen LogP contribution in [0.15, 0.2) is 36.4 Å². The predicted octanol–water partition coefficient (Wildman–Crippen LogP) is 5.07. The molecule has 0 bridgehead atoms. The van der Waals surface area contributed by atoms with Gasteiger partial charge in [-0.15, -0.1) is 0 Å². The lowest BCUT2D eigenvalue weighted by Crippen LogP contribution is -2.45. The van der Waals surface area contributed by atoms with Gasteiger partial charge in [0.15, 0.2) is 0 Å². The molecule has 3 heterocycles. The Morgan fingerprint density at radius 1 is 0.829 bits per heavy atom. The van der Waals surface area contributed by atoms with Crippen LogP contribution in [0.25, 0.3) is 0 Å². The molecule has 3 fully saturated rings. The van der Waals surface area contributed by atoms with E-state index in [2.05, 4.69) is 4.90 Å². The molecule has 2 atom stereocenters. The second-order valence-electron chi connectivity index (χ2n) is 10.5. The van der Waals surface area contributed by atoms with E-state index in [0.717, 1.165) is 61.0 Å². The van der Waals surface area contributed by atoms with Crippen LogP contribution in [0.2, 0.25) is 0 Å². The molecule has 2 aliphatic heterocycles. The molecule has 0 radical (unpaired) electrons.